The van der Waals surface area contributed by atoms with Crippen LogP contribution in [0.1, 0.15) is 11.1 Å². The lowest BCUT2D eigenvalue weighted by atomic mass is 10.1. The van der Waals surface area contributed by atoms with E-state index in [1.54, 1.807) is 31.3 Å². The van der Waals surface area contributed by atoms with Gasteiger partial charge in [0.1, 0.15) is 0 Å². The summed E-state index contributed by atoms with van der Waals surface area (Å²) >= 11 is 0. The van der Waals surface area contributed by atoms with Crippen LogP contribution < -0.4 is 5.32 Å². The van der Waals surface area contributed by atoms with Crippen molar-refractivity contribution in [3.05, 3.63) is 35.4 Å². The number of benzene rings is 1. The zero-order chi connectivity index (χ0) is 12.7. The van der Waals surface area contributed by atoms with Crippen LogP contribution in [0.15, 0.2) is 24.3 Å². The van der Waals surface area contributed by atoms with Gasteiger partial charge in [0.15, 0.2) is 0 Å². The molecular formula is C13H13NO3. The SMILES string of the molecule is CNC(=O)Cc1ccc(C#CC(=O)OC)cc1. The minimum Gasteiger partial charge on any atom is -0.459 e. The Kier molecular flexibility index (Phi) is 4.77. The standard InChI is InChI=1S/C13H13NO3/c1-14-12(15)9-11-5-3-10(4-6-11)7-8-13(16)17-2/h3-6H,9H2,1-2H3,(H,14,15). The summed E-state index contributed by atoms with van der Waals surface area (Å²) in [4.78, 5) is 21.9. The van der Waals surface area contributed by atoms with E-state index >= 15 is 0 Å². The third kappa shape index (κ3) is 4.39. The molecule has 0 fully saturated rings. The Bertz CT molecular complexity index is 466. The van der Waals surface area contributed by atoms with Crippen LogP contribution in [-0.4, -0.2) is 26.0 Å². The van der Waals surface area contributed by atoms with Crippen molar-refractivity contribution in [1.82, 2.24) is 5.32 Å². The van der Waals surface area contributed by atoms with Gasteiger partial charge in [-0.25, -0.2) is 4.79 Å². The number of likely N-dealkylation sites (N-methyl/N-ethyl adjacent to an activating group) is 1. The number of nitrogens with one attached hydrogen (secondary N) is 1. The van der Waals surface area contributed by atoms with Crippen LogP contribution in [0.2, 0.25) is 0 Å². The molecule has 4 heteroatoms. The number of ether oxygens (including phenoxy) is 1. The molecular weight excluding hydrogens is 218 g/mol. The van der Waals surface area contributed by atoms with Crippen molar-refractivity contribution < 1.29 is 14.3 Å². The van der Waals surface area contributed by atoms with E-state index in [0.29, 0.717) is 12.0 Å². The topological polar surface area (TPSA) is 55.4 Å². The first-order valence-electron chi connectivity index (χ1n) is 5.05. The molecule has 0 saturated carbocycles. The monoisotopic (exact) mass is 231 g/mol. The third-order valence-corrected chi connectivity index (χ3v) is 2.09. The second-order valence-corrected chi connectivity index (χ2v) is 3.29. The van der Waals surface area contributed by atoms with Gasteiger partial charge in [0.25, 0.3) is 0 Å². The third-order valence-electron chi connectivity index (χ3n) is 2.09. The van der Waals surface area contributed by atoms with Crippen molar-refractivity contribution in [1.29, 1.82) is 0 Å². The van der Waals surface area contributed by atoms with E-state index in [2.05, 4.69) is 21.9 Å². The minimum atomic E-state index is -0.570. The minimum absolute atomic E-state index is 0.0432. The first kappa shape index (κ1) is 12.8. The summed E-state index contributed by atoms with van der Waals surface area (Å²) < 4.78 is 4.40. The molecule has 4 nitrogen and oxygen atoms in total. The number of hydrogen-bond donors (Lipinski definition) is 1. The van der Waals surface area contributed by atoms with E-state index in [1.807, 2.05) is 0 Å². The number of methoxy groups -OCH3 is 1. The van der Waals surface area contributed by atoms with Crippen molar-refractivity contribution in [3.63, 3.8) is 0 Å². The van der Waals surface area contributed by atoms with E-state index in [1.165, 1.54) is 7.11 Å². The Labute approximate surface area is 100.0 Å². The molecule has 0 aliphatic carbocycles. The van der Waals surface area contributed by atoms with Gasteiger partial charge in [-0.1, -0.05) is 18.1 Å². The molecule has 0 spiro atoms. The molecule has 1 aromatic rings. The molecule has 1 N–H and O–H groups in total. The molecule has 0 aromatic heterocycles. The number of rotatable bonds is 2. The molecule has 88 valence electrons. The van der Waals surface area contributed by atoms with Crippen molar-refractivity contribution in [2.24, 2.45) is 0 Å². The van der Waals surface area contributed by atoms with Crippen LogP contribution in [-0.2, 0) is 20.7 Å². The highest BCUT2D eigenvalue weighted by molar-refractivity contribution is 5.89. The molecule has 0 atom stereocenters. The molecule has 0 heterocycles. The van der Waals surface area contributed by atoms with Crippen molar-refractivity contribution in [2.45, 2.75) is 6.42 Å². The molecule has 1 amide bonds. The van der Waals surface area contributed by atoms with Gasteiger partial charge in [-0.15, -0.1) is 0 Å². The average molecular weight is 231 g/mol. The fourth-order valence-electron chi connectivity index (χ4n) is 1.15. The highest BCUT2D eigenvalue weighted by atomic mass is 16.5. The predicted molar refractivity (Wildman–Crippen MR) is 63.1 cm³/mol. The zero-order valence-electron chi connectivity index (χ0n) is 9.74. The maximum absolute atomic E-state index is 11.1. The van der Waals surface area contributed by atoms with Gasteiger partial charge < -0.3 is 10.1 Å². The maximum atomic E-state index is 11.1. The smallest absolute Gasteiger partial charge is 0.384 e. The van der Waals surface area contributed by atoms with Gasteiger partial charge in [-0.3, -0.25) is 4.79 Å². The highest BCUT2D eigenvalue weighted by Crippen LogP contribution is 2.04. The summed E-state index contributed by atoms with van der Waals surface area (Å²) in [6.07, 6.45) is 0.335. The van der Waals surface area contributed by atoms with Gasteiger partial charge >= 0.3 is 5.97 Å². The van der Waals surface area contributed by atoms with E-state index in [-0.39, 0.29) is 5.91 Å². The van der Waals surface area contributed by atoms with Gasteiger partial charge in [-0.05, 0) is 17.7 Å². The van der Waals surface area contributed by atoms with Gasteiger partial charge in [0, 0.05) is 18.5 Å². The molecule has 0 saturated heterocycles. The van der Waals surface area contributed by atoms with Crippen LogP contribution in [0.5, 0.6) is 0 Å². The predicted octanol–water partition coefficient (Wildman–Crippen LogP) is 0.500. The van der Waals surface area contributed by atoms with E-state index < -0.39 is 5.97 Å². The van der Waals surface area contributed by atoms with Gasteiger partial charge in [0.05, 0.1) is 13.5 Å². The Hall–Kier alpha value is -2.28. The lowest BCUT2D eigenvalue weighted by Gasteiger charge is -1.99. The average Bonchev–Trinajstić information content (AvgIpc) is 2.37. The summed E-state index contributed by atoms with van der Waals surface area (Å²) in [5.74, 6) is 4.38. The second-order valence-electron chi connectivity index (χ2n) is 3.29. The van der Waals surface area contributed by atoms with Gasteiger partial charge in [0.2, 0.25) is 5.91 Å². The van der Waals surface area contributed by atoms with E-state index in [4.69, 9.17) is 0 Å². The normalized spacial score (nSPS) is 8.82. The molecule has 0 bridgehead atoms. The fourth-order valence-corrected chi connectivity index (χ4v) is 1.15. The van der Waals surface area contributed by atoms with Crippen LogP contribution in [0.25, 0.3) is 0 Å². The molecule has 1 rings (SSSR count). The fraction of sp³-hybridized carbons (Fsp3) is 0.231. The van der Waals surface area contributed by atoms with Crippen LogP contribution in [0.3, 0.4) is 0 Å². The number of carbonyl (C=O) groups excluding carboxylic acids is 2. The molecule has 0 radical (unpaired) electrons. The van der Waals surface area contributed by atoms with E-state index in [9.17, 15) is 9.59 Å². The molecule has 0 unspecified atom stereocenters. The lowest BCUT2D eigenvalue weighted by molar-refractivity contribution is -0.133. The Balaban J connectivity index is 2.70. The Morgan fingerprint density at radius 3 is 2.47 bits per heavy atom. The maximum Gasteiger partial charge on any atom is 0.384 e. The van der Waals surface area contributed by atoms with Crippen molar-refractivity contribution >= 4 is 11.9 Å². The summed E-state index contributed by atoms with van der Waals surface area (Å²) in [5, 5.41) is 2.55. The zero-order valence-corrected chi connectivity index (χ0v) is 9.74. The molecule has 0 aliphatic heterocycles. The van der Waals surface area contributed by atoms with Crippen molar-refractivity contribution in [2.75, 3.05) is 14.2 Å². The number of carbonyl (C=O) groups is 2. The summed E-state index contributed by atoms with van der Waals surface area (Å²) in [6, 6.07) is 7.12. The number of hydrogen-bond acceptors (Lipinski definition) is 3. The molecule has 17 heavy (non-hydrogen) atoms. The van der Waals surface area contributed by atoms with Crippen LogP contribution >= 0.6 is 0 Å². The Morgan fingerprint density at radius 2 is 1.94 bits per heavy atom. The first-order chi connectivity index (χ1) is 8.15. The second kappa shape index (κ2) is 6.33. The highest BCUT2D eigenvalue weighted by Gasteiger charge is 2.00. The largest absolute Gasteiger partial charge is 0.459 e. The van der Waals surface area contributed by atoms with Crippen LogP contribution in [0, 0.1) is 11.8 Å². The van der Waals surface area contributed by atoms with Gasteiger partial charge in [-0.2, -0.15) is 0 Å². The van der Waals surface area contributed by atoms with Crippen LogP contribution in [0.4, 0.5) is 0 Å². The first-order valence-corrected chi connectivity index (χ1v) is 5.05. The van der Waals surface area contributed by atoms with Crippen molar-refractivity contribution in [3.8, 4) is 11.8 Å². The molecule has 1 aromatic carbocycles. The van der Waals surface area contributed by atoms with E-state index in [0.717, 1.165) is 5.56 Å². The Morgan fingerprint density at radius 1 is 1.29 bits per heavy atom. The summed E-state index contributed by atoms with van der Waals surface area (Å²) in [6.45, 7) is 0. The number of amides is 1. The molecule has 0 aliphatic rings. The number of esters is 1. The summed E-state index contributed by atoms with van der Waals surface area (Å²) in [5.41, 5.74) is 1.60. The lowest BCUT2D eigenvalue weighted by Crippen LogP contribution is -2.19. The quantitative estimate of drug-likeness (QED) is 0.595. The summed E-state index contributed by atoms with van der Waals surface area (Å²) in [7, 11) is 2.88.